The van der Waals surface area contributed by atoms with Gasteiger partial charge in [-0.2, -0.15) is 0 Å². The maximum absolute atomic E-state index is 12.7. The van der Waals surface area contributed by atoms with Crippen LogP contribution in [0.3, 0.4) is 0 Å². The Balaban J connectivity index is 1.40. The molecule has 5 heteroatoms. The number of carbonyl (C=O) groups is 1. The van der Waals surface area contributed by atoms with Crippen LogP contribution in [0.2, 0.25) is 0 Å². The van der Waals surface area contributed by atoms with Gasteiger partial charge in [0.25, 0.3) is 0 Å². The fourth-order valence-electron chi connectivity index (χ4n) is 3.69. The number of ether oxygens (including phenoxy) is 1. The maximum atomic E-state index is 12.7. The van der Waals surface area contributed by atoms with E-state index >= 15 is 0 Å². The van der Waals surface area contributed by atoms with Crippen molar-refractivity contribution in [2.75, 3.05) is 18.4 Å². The summed E-state index contributed by atoms with van der Waals surface area (Å²) in [5.41, 5.74) is 1.96. The predicted octanol–water partition coefficient (Wildman–Crippen LogP) is 4.72. The van der Waals surface area contributed by atoms with E-state index in [1.54, 1.807) is 12.4 Å². The van der Waals surface area contributed by atoms with Crippen LogP contribution in [0, 0.1) is 5.92 Å². The van der Waals surface area contributed by atoms with E-state index < -0.39 is 0 Å². The second-order valence-corrected chi connectivity index (χ2v) is 7.33. The van der Waals surface area contributed by atoms with E-state index in [1.165, 1.54) is 0 Å². The van der Waals surface area contributed by atoms with Gasteiger partial charge >= 0.3 is 0 Å². The number of likely N-dealkylation sites (tertiary alicyclic amines) is 1. The Labute approximate surface area is 171 Å². The molecule has 0 spiro atoms. The number of nitrogens with one attached hydrogen (secondary N) is 1. The average molecular weight is 387 g/mol. The van der Waals surface area contributed by atoms with Gasteiger partial charge in [0.15, 0.2) is 0 Å². The molecule has 0 radical (unpaired) electrons. The molecular formula is C24H25N3O2. The summed E-state index contributed by atoms with van der Waals surface area (Å²) in [7, 11) is 0. The van der Waals surface area contributed by atoms with E-state index in [0.29, 0.717) is 0 Å². The smallest absolute Gasteiger partial charge is 0.228 e. The molecule has 1 saturated heterocycles. The molecule has 1 aliphatic heterocycles. The normalized spacial score (nSPS) is 16.9. The van der Waals surface area contributed by atoms with Crippen LogP contribution >= 0.6 is 0 Å². The first-order valence-corrected chi connectivity index (χ1v) is 10.0. The summed E-state index contributed by atoms with van der Waals surface area (Å²) in [6.45, 7) is 2.49. The number of piperidine rings is 1. The summed E-state index contributed by atoms with van der Waals surface area (Å²) in [5, 5.41) is 3.04. The first-order chi connectivity index (χ1) is 14.3. The number of benzene rings is 2. The third-order valence-corrected chi connectivity index (χ3v) is 5.15. The number of para-hydroxylation sites is 2. The van der Waals surface area contributed by atoms with E-state index in [-0.39, 0.29) is 11.8 Å². The monoisotopic (exact) mass is 387 g/mol. The van der Waals surface area contributed by atoms with Crippen LogP contribution in [0.25, 0.3) is 0 Å². The SMILES string of the molecule is O=C(Nc1ccccc1)C1CCCN(Cc2ccccc2Oc2cccnc2)C1. The minimum Gasteiger partial charge on any atom is -0.455 e. The van der Waals surface area contributed by atoms with Gasteiger partial charge in [0, 0.05) is 30.5 Å². The molecule has 1 aliphatic rings. The Morgan fingerprint density at radius 2 is 1.90 bits per heavy atom. The number of anilines is 1. The maximum Gasteiger partial charge on any atom is 0.228 e. The number of amides is 1. The summed E-state index contributed by atoms with van der Waals surface area (Å²) in [6.07, 6.45) is 5.37. The van der Waals surface area contributed by atoms with Crippen molar-refractivity contribution >= 4 is 11.6 Å². The number of hydrogen-bond acceptors (Lipinski definition) is 4. The predicted molar refractivity (Wildman–Crippen MR) is 114 cm³/mol. The molecule has 0 bridgehead atoms. The minimum atomic E-state index is -0.00430. The summed E-state index contributed by atoms with van der Waals surface area (Å²) in [4.78, 5) is 19.2. The zero-order chi connectivity index (χ0) is 19.9. The van der Waals surface area contributed by atoms with Gasteiger partial charge in [0.2, 0.25) is 5.91 Å². The van der Waals surface area contributed by atoms with Crippen LogP contribution in [0.15, 0.2) is 79.1 Å². The molecule has 3 aromatic rings. The van der Waals surface area contributed by atoms with Crippen LogP contribution in [0.5, 0.6) is 11.5 Å². The Morgan fingerprint density at radius 3 is 2.72 bits per heavy atom. The van der Waals surface area contributed by atoms with Crippen molar-refractivity contribution < 1.29 is 9.53 Å². The summed E-state index contributed by atoms with van der Waals surface area (Å²) in [6, 6.07) is 21.5. The molecule has 5 nitrogen and oxygen atoms in total. The summed E-state index contributed by atoms with van der Waals surface area (Å²) >= 11 is 0. The van der Waals surface area contributed by atoms with Gasteiger partial charge in [-0.3, -0.25) is 14.7 Å². The van der Waals surface area contributed by atoms with E-state index in [1.807, 2.05) is 60.7 Å². The topological polar surface area (TPSA) is 54.5 Å². The number of pyridine rings is 1. The van der Waals surface area contributed by atoms with E-state index in [4.69, 9.17) is 4.74 Å². The molecule has 2 aromatic carbocycles. The van der Waals surface area contributed by atoms with Gasteiger partial charge < -0.3 is 10.1 Å². The molecule has 2 heterocycles. The number of aromatic nitrogens is 1. The van der Waals surface area contributed by atoms with Gasteiger partial charge in [-0.05, 0) is 49.7 Å². The van der Waals surface area contributed by atoms with Crippen LogP contribution in [-0.2, 0) is 11.3 Å². The molecule has 4 rings (SSSR count). The van der Waals surface area contributed by atoms with Crippen LogP contribution in [0.1, 0.15) is 18.4 Å². The van der Waals surface area contributed by atoms with Crippen LogP contribution < -0.4 is 10.1 Å². The Morgan fingerprint density at radius 1 is 1.07 bits per heavy atom. The Bertz CT molecular complexity index is 931. The van der Waals surface area contributed by atoms with Crippen molar-refractivity contribution in [1.29, 1.82) is 0 Å². The molecule has 1 N–H and O–H groups in total. The number of carbonyl (C=O) groups excluding carboxylic acids is 1. The molecule has 0 aliphatic carbocycles. The van der Waals surface area contributed by atoms with Crippen molar-refractivity contribution in [3.8, 4) is 11.5 Å². The first-order valence-electron chi connectivity index (χ1n) is 10.0. The van der Waals surface area contributed by atoms with Crippen molar-refractivity contribution in [1.82, 2.24) is 9.88 Å². The van der Waals surface area contributed by atoms with Gasteiger partial charge in [-0.25, -0.2) is 0 Å². The Kier molecular flexibility index (Phi) is 6.17. The zero-order valence-corrected chi connectivity index (χ0v) is 16.3. The number of hydrogen-bond donors (Lipinski definition) is 1. The lowest BCUT2D eigenvalue weighted by atomic mass is 9.96. The third-order valence-electron chi connectivity index (χ3n) is 5.15. The van der Waals surface area contributed by atoms with Gasteiger partial charge in [-0.1, -0.05) is 36.4 Å². The summed E-state index contributed by atoms with van der Waals surface area (Å²) < 4.78 is 6.04. The highest BCUT2D eigenvalue weighted by atomic mass is 16.5. The minimum absolute atomic E-state index is 0.00430. The highest BCUT2D eigenvalue weighted by molar-refractivity contribution is 5.92. The lowest BCUT2D eigenvalue weighted by Crippen LogP contribution is -2.40. The lowest BCUT2D eigenvalue weighted by Gasteiger charge is -2.32. The lowest BCUT2D eigenvalue weighted by molar-refractivity contribution is -0.121. The summed E-state index contributed by atoms with van der Waals surface area (Å²) in [5.74, 6) is 1.64. The molecule has 29 heavy (non-hydrogen) atoms. The molecule has 1 amide bonds. The average Bonchev–Trinajstić information content (AvgIpc) is 2.77. The molecule has 1 atom stereocenters. The number of rotatable bonds is 6. The van der Waals surface area contributed by atoms with Gasteiger partial charge in [0.05, 0.1) is 12.1 Å². The van der Waals surface area contributed by atoms with Crippen LogP contribution in [-0.4, -0.2) is 28.9 Å². The van der Waals surface area contributed by atoms with Gasteiger partial charge in [-0.15, -0.1) is 0 Å². The first kappa shape index (κ1) is 19.2. The van der Waals surface area contributed by atoms with Crippen molar-refractivity contribution in [3.63, 3.8) is 0 Å². The standard InChI is InChI=1S/C24H25N3O2/c28-24(26-21-10-2-1-3-11-21)20-9-7-15-27(18-20)17-19-8-4-5-13-23(19)29-22-12-6-14-25-16-22/h1-6,8,10-14,16,20H,7,9,15,17-18H2,(H,26,28). The van der Waals surface area contributed by atoms with E-state index in [2.05, 4.69) is 21.3 Å². The molecule has 1 aromatic heterocycles. The fourth-order valence-corrected chi connectivity index (χ4v) is 3.69. The quantitative estimate of drug-likeness (QED) is 0.665. The number of nitrogens with zero attached hydrogens (tertiary/aromatic N) is 2. The van der Waals surface area contributed by atoms with Gasteiger partial charge in [0.1, 0.15) is 11.5 Å². The van der Waals surface area contributed by atoms with E-state index in [0.717, 1.165) is 55.2 Å². The van der Waals surface area contributed by atoms with Crippen molar-refractivity contribution in [2.24, 2.45) is 5.92 Å². The molecule has 148 valence electrons. The molecular weight excluding hydrogens is 362 g/mol. The Hall–Kier alpha value is -3.18. The molecule has 1 fully saturated rings. The third kappa shape index (κ3) is 5.21. The van der Waals surface area contributed by atoms with E-state index in [9.17, 15) is 4.79 Å². The zero-order valence-electron chi connectivity index (χ0n) is 16.3. The van der Waals surface area contributed by atoms with Crippen LogP contribution in [0.4, 0.5) is 5.69 Å². The second kappa shape index (κ2) is 9.34. The second-order valence-electron chi connectivity index (χ2n) is 7.33. The van der Waals surface area contributed by atoms with Crippen molar-refractivity contribution in [2.45, 2.75) is 19.4 Å². The van der Waals surface area contributed by atoms with Crippen molar-refractivity contribution in [3.05, 3.63) is 84.7 Å². The fraction of sp³-hybridized carbons (Fsp3) is 0.250. The highest BCUT2D eigenvalue weighted by Gasteiger charge is 2.26. The largest absolute Gasteiger partial charge is 0.455 e. The molecule has 1 unspecified atom stereocenters. The highest BCUT2D eigenvalue weighted by Crippen LogP contribution is 2.27. The molecule has 0 saturated carbocycles.